The maximum atomic E-state index is 12.7. The number of carbonyl (C=O) groups is 1. The lowest BCUT2D eigenvalue weighted by Gasteiger charge is -2.19. The molecule has 0 fully saturated rings. The molecule has 0 radical (unpaired) electrons. The van der Waals surface area contributed by atoms with Crippen LogP contribution in [0.3, 0.4) is 0 Å². The second kappa shape index (κ2) is 4.55. The Kier molecular flexibility index (Phi) is 3.57. The summed E-state index contributed by atoms with van der Waals surface area (Å²) >= 11 is 0. The van der Waals surface area contributed by atoms with Gasteiger partial charge in [0.05, 0.1) is 7.11 Å². The number of hydrogen-bond acceptors (Lipinski definition) is 2. The Morgan fingerprint density at radius 2 is 1.88 bits per heavy atom. The van der Waals surface area contributed by atoms with Crippen molar-refractivity contribution in [3.8, 4) is 0 Å². The zero-order valence-electron chi connectivity index (χ0n) is 8.84. The first-order valence-corrected chi connectivity index (χ1v) is 4.58. The van der Waals surface area contributed by atoms with Crippen molar-refractivity contribution in [2.24, 2.45) is 0 Å². The van der Waals surface area contributed by atoms with Crippen LogP contribution in [0, 0.1) is 6.92 Å². The first-order chi connectivity index (χ1) is 7.38. The van der Waals surface area contributed by atoms with Crippen molar-refractivity contribution in [1.82, 2.24) is 0 Å². The van der Waals surface area contributed by atoms with Crippen LogP contribution in [0.4, 0.5) is 13.2 Å². The molecule has 5 heteroatoms. The van der Waals surface area contributed by atoms with Crippen molar-refractivity contribution >= 4 is 5.97 Å². The number of ether oxygens (including phenoxy) is 1. The lowest BCUT2D eigenvalue weighted by Crippen LogP contribution is -2.30. The first-order valence-electron chi connectivity index (χ1n) is 4.58. The number of carbonyl (C=O) groups excluding carboxylic acids is 1. The average molecular weight is 232 g/mol. The Labute approximate surface area is 91.0 Å². The molecule has 0 saturated carbocycles. The van der Waals surface area contributed by atoms with E-state index in [1.54, 1.807) is 6.07 Å². The minimum atomic E-state index is -4.64. The Balaban J connectivity index is 3.23. The van der Waals surface area contributed by atoms with Gasteiger partial charge in [-0.3, -0.25) is 4.79 Å². The van der Waals surface area contributed by atoms with Crippen LogP contribution in [-0.4, -0.2) is 19.3 Å². The summed E-state index contributed by atoms with van der Waals surface area (Å²) < 4.78 is 42.4. The summed E-state index contributed by atoms with van der Waals surface area (Å²) in [5.74, 6) is -3.50. The van der Waals surface area contributed by atoms with Crippen LogP contribution in [-0.2, 0) is 9.53 Å². The van der Waals surface area contributed by atoms with Crippen LogP contribution in [0.1, 0.15) is 17.0 Å². The highest BCUT2D eigenvalue weighted by molar-refractivity contribution is 5.79. The van der Waals surface area contributed by atoms with Gasteiger partial charge in [-0.1, -0.05) is 24.3 Å². The standard InChI is InChI=1S/C11H11F3O2/c1-7-5-3-4-6-8(7)9(10(15)16-2)11(12,13)14/h3-6,9H,1-2H3. The fourth-order valence-electron chi connectivity index (χ4n) is 1.47. The zero-order valence-corrected chi connectivity index (χ0v) is 8.84. The van der Waals surface area contributed by atoms with Crippen molar-refractivity contribution < 1.29 is 22.7 Å². The Bertz CT molecular complexity index is 385. The summed E-state index contributed by atoms with van der Waals surface area (Å²) in [4.78, 5) is 11.2. The van der Waals surface area contributed by atoms with E-state index in [4.69, 9.17) is 0 Å². The molecule has 0 bridgehead atoms. The van der Waals surface area contributed by atoms with Crippen molar-refractivity contribution in [3.05, 3.63) is 35.4 Å². The highest BCUT2D eigenvalue weighted by Gasteiger charge is 2.47. The molecular weight excluding hydrogens is 221 g/mol. The molecule has 0 N–H and O–H groups in total. The third-order valence-corrected chi connectivity index (χ3v) is 2.26. The highest BCUT2D eigenvalue weighted by Crippen LogP contribution is 2.36. The molecule has 1 aromatic rings. The topological polar surface area (TPSA) is 26.3 Å². The van der Waals surface area contributed by atoms with Gasteiger partial charge in [0.15, 0.2) is 5.92 Å². The van der Waals surface area contributed by atoms with E-state index < -0.39 is 18.1 Å². The number of benzene rings is 1. The van der Waals surface area contributed by atoms with Crippen LogP contribution < -0.4 is 0 Å². The molecule has 0 amide bonds. The fraction of sp³-hybridized carbons (Fsp3) is 0.364. The van der Waals surface area contributed by atoms with Crippen LogP contribution in [0.15, 0.2) is 24.3 Å². The number of halogens is 3. The van der Waals surface area contributed by atoms with Crippen molar-refractivity contribution in [3.63, 3.8) is 0 Å². The molecule has 0 aliphatic heterocycles. The molecule has 0 aliphatic rings. The third-order valence-electron chi connectivity index (χ3n) is 2.26. The number of alkyl halides is 3. The molecular formula is C11H11F3O2. The fourth-order valence-corrected chi connectivity index (χ4v) is 1.47. The van der Waals surface area contributed by atoms with Crippen LogP contribution in [0.25, 0.3) is 0 Å². The maximum absolute atomic E-state index is 12.7. The van der Waals surface area contributed by atoms with E-state index >= 15 is 0 Å². The van der Waals surface area contributed by atoms with Gasteiger partial charge in [-0.05, 0) is 18.1 Å². The average Bonchev–Trinajstić information content (AvgIpc) is 2.19. The largest absolute Gasteiger partial charge is 0.468 e. The molecule has 0 heterocycles. The first kappa shape index (κ1) is 12.5. The van der Waals surface area contributed by atoms with Gasteiger partial charge in [-0.2, -0.15) is 13.2 Å². The molecule has 0 aromatic heterocycles. The predicted molar refractivity (Wildman–Crippen MR) is 52.0 cm³/mol. The molecule has 2 nitrogen and oxygen atoms in total. The van der Waals surface area contributed by atoms with Gasteiger partial charge < -0.3 is 4.74 Å². The van der Waals surface area contributed by atoms with E-state index in [-0.39, 0.29) is 5.56 Å². The van der Waals surface area contributed by atoms with E-state index in [1.165, 1.54) is 25.1 Å². The number of hydrogen-bond donors (Lipinski definition) is 0. The second-order valence-electron chi connectivity index (χ2n) is 3.35. The summed E-state index contributed by atoms with van der Waals surface area (Å²) in [6, 6.07) is 5.88. The Morgan fingerprint density at radius 1 is 1.31 bits per heavy atom. The quantitative estimate of drug-likeness (QED) is 0.733. The molecule has 88 valence electrons. The van der Waals surface area contributed by atoms with Crippen LogP contribution in [0.2, 0.25) is 0 Å². The van der Waals surface area contributed by atoms with Crippen LogP contribution in [0.5, 0.6) is 0 Å². The van der Waals surface area contributed by atoms with E-state index in [2.05, 4.69) is 4.74 Å². The summed E-state index contributed by atoms with van der Waals surface area (Å²) in [5, 5.41) is 0. The van der Waals surface area contributed by atoms with E-state index in [0.717, 1.165) is 7.11 Å². The number of methoxy groups -OCH3 is 1. The zero-order chi connectivity index (χ0) is 12.3. The Hall–Kier alpha value is -1.52. The molecule has 0 spiro atoms. The van der Waals surface area contributed by atoms with Crippen molar-refractivity contribution in [2.75, 3.05) is 7.11 Å². The number of aryl methyl sites for hydroxylation is 1. The highest BCUT2D eigenvalue weighted by atomic mass is 19.4. The molecule has 1 unspecified atom stereocenters. The van der Waals surface area contributed by atoms with Gasteiger partial charge in [0, 0.05) is 0 Å². The SMILES string of the molecule is COC(=O)C(c1ccccc1C)C(F)(F)F. The molecule has 1 rings (SSSR count). The lowest BCUT2D eigenvalue weighted by atomic mass is 9.94. The molecule has 1 atom stereocenters. The van der Waals surface area contributed by atoms with E-state index in [9.17, 15) is 18.0 Å². The summed E-state index contributed by atoms with van der Waals surface area (Å²) in [7, 11) is 0.944. The van der Waals surface area contributed by atoms with Crippen LogP contribution >= 0.6 is 0 Å². The molecule has 16 heavy (non-hydrogen) atoms. The molecule has 0 aliphatic carbocycles. The summed E-state index contributed by atoms with van der Waals surface area (Å²) in [6.45, 7) is 1.52. The Morgan fingerprint density at radius 3 is 2.31 bits per heavy atom. The third kappa shape index (κ3) is 2.53. The van der Waals surface area contributed by atoms with E-state index in [0.29, 0.717) is 5.56 Å². The maximum Gasteiger partial charge on any atom is 0.406 e. The second-order valence-corrected chi connectivity index (χ2v) is 3.35. The van der Waals surface area contributed by atoms with Gasteiger partial charge in [0.1, 0.15) is 0 Å². The smallest absolute Gasteiger partial charge is 0.406 e. The van der Waals surface area contributed by atoms with E-state index in [1.807, 2.05) is 0 Å². The van der Waals surface area contributed by atoms with Gasteiger partial charge in [0.25, 0.3) is 0 Å². The monoisotopic (exact) mass is 232 g/mol. The van der Waals surface area contributed by atoms with Crippen molar-refractivity contribution in [1.29, 1.82) is 0 Å². The minimum Gasteiger partial charge on any atom is -0.468 e. The van der Waals surface area contributed by atoms with Gasteiger partial charge in [0.2, 0.25) is 0 Å². The van der Waals surface area contributed by atoms with Gasteiger partial charge in [-0.15, -0.1) is 0 Å². The summed E-state index contributed by atoms with van der Waals surface area (Å²) in [5.41, 5.74) is 0.345. The number of esters is 1. The van der Waals surface area contributed by atoms with Crippen molar-refractivity contribution in [2.45, 2.75) is 19.0 Å². The molecule has 1 aromatic carbocycles. The lowest BCUT2D eigenvalue weighted by molar-refractivity contribution is -0.179. The normalized spacial score (nSPS) is 13.3. The molecule has 0 saturated heterocycles. The van der Waals surface area contributed by atoms with Gasteiger partial charge >= 0.3 is 12.1 Å². The minimum absolute atomic E-state index is 0.0677. The van der Waals surface area contributed by atoms with Gasteiger partial charge in [-0.25, -0.2) is 0 Å². The predicted octanol–water partition coefficient (Wildman–Crippen LogP) is 2.81. The number of rotatable bonds is 2. The summed E-state index contributed by atoms with van der Waals surface area (Å²) in [6.07, 6.45) is -4.64.